The zero-order chi connectivity index (χ0) is 9.52. The van der Waals surface area contributed by atoms with E-state index in [1.54, 1.807) is 0 Å². The Morgan fingerprint density at radius 1 is 1.38 bits per heavy atom. The lowest BCUT2D eigenvalue weighted by molar-refractivity contribution is -0.124. The van der Waals surface area contributed by atoms with Gasteiger partial charge in [0.05, 0.1) is 6.54 Å². The molecule has 13 heavy (non-hydrogen) atoms. The molecule has 3 N–H and O–H groups in total. The third-order valence-corrected chi connectivity index (χ3v) is 2.30. The third kappa shape index (κ3) is 4.24. The Hall–Kier alpha value is -0.610. The Morgan fingerprint density at radius 2 is 2.23 bits per heavy atom. The SMILES string of the molecule is NCCCCCN1CCNC(=O)C1. The predicted molar refractivity (Wildman–Crippen MR) is 52.4 cm³/mol. The van der Waals surface area contributed by atoms with E-state index in [4.69, 9.17) is 5.73 Å². The summed E-state index contributed by atoms with van der Waals surface area (Å²) in [6, 6.07) is 0. The topological polar surface area (TPSA) is 58.4 Å². The number of hydrogen-bond donors (Lipinski definition) is 2. The molecule has 1 amide bonds. The van der Waals surface area contributed by atoms with Crippen molar-refractivity contribution in [1.82, 2.24) is 10.2 Å². The van der Waals surface area contributed by atoms with Crippen molar-refractivity contribution >= 4 is 5.91 Å². The first-order valence-electron chi connectivity index (χ1n) is 5.02. The van der Waals surface area contributed by atoms with Gasteiger partial charge in [-0.15, -0.1) is 0 Å². The first-order valence-corrected chi connectivity index (χ1v) is 5.02. The van der Waals surface area contributed by atoms with Crippen LogP contribution in [0.2, 0.25) is 0 Å². The van der Waals surface area contributed by atoms with Gasteiger partial charge in [-0.1, -0.05) is 6.42 Å². The Labute approximate surface area is 79.5 Å². The lowest BCUT2D eigenvalue weighted by Gasteiger charge is -2.26. The number of amides is 1. The van der Waals surface area contributed by atoms with E-state index >= 15 is 0 Å². The number of nitrogens with one attached hydrogen (secondary N) is 1. The number of rotatable bonds is 5. The van der Waals surface area contributed by atoms with E-state index in [-0.39, 0.29) is 5.91 Å². The molecule has 0 saturated carbocycles. The molecule has 4 heteroatoms. The number of carbonyl (C=O) groups is 1. The molecule has 4 nitrogen and oxygen atoms in total. The fourth-order valence-corrected chi connectivity index (χ4v) is 1.54. The van der Waals surface area contributed by atoms with Crippen LogP contribution < -0.4 is 11.1 Å². The maximum Gasteiger partial charge on any atom is 0.234 e. The van der Waals surface area contributed by atoms with Gasteiger partial charge in [-0.25, -0.2) is 0 Å². The molecular weight excluding hydrogens is 166 g/mol. The van der Waals surface area contributed by atoms with Crippen molar-refractivity contribution in [1.29, 1.82) is 0 Å². The molecule has 1 fully saturated rings. The van der Waals surface area contributed by atoms with Crippen LogP contribution >= 0.6 is 0 Å². The molecule has 0 radical (unpaired) electrons. The number of nitrogens with two attached hydrogens (primary N) is 1. The van der Waals surface area contributed by atoms with Crippen molar-refractivity contribution in [3.63, 3.8) is 0 Å². The average molecular weight is 185 g/mol. The summed E-state index contributed by atoms with van der Waals surface area (Å²) in [6.45, 7) is 4.18. The highest BCUT2D eigenvalue weighted by Crippen LogP contribution is 1.99. The lowest BCUT2D eigenvalue weighted by atomic mass is 10.2. The molecule has 0 aromatic rings. The van der Waals surface area contributed by atoms with Crippen LogP contribution in [0.4, 0.5) is 0 Å². The number of piperazine rings is 1. The first kappa shape index (κ1) is 10.5. The molecule has 1 aliphatic heterocycles. The smallest absolute Gasteiger partial charge is 0.234 e. The van der Waals surface area contributed by atoms with Crippen LogP contribution in [0.3, 0.4) is 0 Å². The van der Waals surface area contributed by atoms with E-state index in [1.165, 1.54) is 6.42 Å². The van der Waals surface area contributed by atoms with Gasteiger partial charge < -0.3 is 11.1 Å². The molecule has 1 heterocycles. The van der Waals surface area contributed by atoms with Crippen molar-refractivity contribution in [3.8, 4) is 0 Å². The summed E-state index contributed by atoms with van der Waals surface area (Å²) < 4.78 is 0. The van der Waals surface area contributed by atoms with E-state index in [9.17, 15) is 4.79 Å². The van der Waals surface area contributed by atoms with E-state index < -0.39 is 0 Å². The van der Waals surface area contributed by atoms with Gasteiger partial charge in [-0.2, -0.15) is 0 Å². The molecule has 76 valence electrons. The first-order chi connectivity index (χ1) is 6.33. The highest BCUT2D eigenvalue weighted by Gasteiger charge is 2.14. The van der Waals surface area contributed by atoms with Gasteiger partial charge in [-0.3, -0.25) is 9.69 Å². The molecule has 0 aliphatic carbocycles. The summed E-state index contributed by atoms with van der Waals surface area (Å²) in [5, 5.41) is 2.81. The molecule has 0 aromatic heterocycles. The Balaban J connectivity index is 2.03. The largest absolute Gasteiger partial charge is 0.354 e. The maximum atomic E-state index is 11.0. The second kappa shape index (κ2) is 5.94. The highest BCUT2D eigenvalue weighted by molar-refractivity contribution is 5.78. The van der Waals surface area contributed by atoms with Crippen LogP contribution in [0.15, 0.2) is 0 Å². The van der Waals surface area contributed by atoms with E-state index in [0.29, 0.717) is 6.54 Å². The standard InChI is InChI=1S/C9H19N3O/c10-4-2-1-3-6-12-7-5-11-9(13)8-12/h1-8,10H2,(H,11,13). The fraction of sp³-hybridized carbons (Fsp3) is 0.889. The molecular formula is C9H19N3O. The number of carbonyl (C=O) groups excluding carboxylic acids is 1. The molecule has 0 spiro atoms. The minimum atomic E-state index is 0.157. The third-order valence-electron chi connectivity index (χ3n) is 2.30. The van der Waals surface area contributed by atoms with Gasteiger partial charge >= 0.3 is 0 Å². The van der Waals surface area contributed by atoms with Crippen LogP contribution in [-0.2, 0) is 4.79 Å². The number of hydrogen-bond acceptors (Lipinski definition) is 3. The molecule has 0 aromatic carbocycles. The summed E-state index contributed by atoms with van der Waals surface area (Å²) in [6.07, 6.45) is 3.43. The Morgan fingerprint density at radius 3 is 2.92 bits per heavy atom. The van der Waals surface area contributed by atoms with Crippen molar-refractivity contribution in [2.75, 3.05) is 32.7 Å². The molecule has 1 aliphatic rings. The molecule has 0 unspecified atom stereocenters. The van der Waals surface area contributed by atoms with Gasteiger partial charge in [0.25, 0.3) is 0 Å². The quantitative estimate of drug-likeness (QED) is 0.570. The molecule has 0 bridgehead atoms. The van der Waals surface area contributed by atoms with Crippen molar-refractivity contribution in [2.45, 2.75) is 19.3 Å². The van der Waals surface area contributed by atoms with Gasteiger partial charge in [0.15, 0.2) is 0 Å². The van der Waals surface area contributed by atoms with Crippen LogP contribution in [0, 0.1) is 0 Å². The zero-order valence-corrected chi connectivity index (χ0v) is 8.09. The van der Waals surface area contributed by atoms with Crippen LogP contribution in [0.1, 0.15) is 19.3 Å². The average Bonchev–Trinajstić information content (AvgIpc) is 2.13. The van der Waals surface area contributed by atoms with Crippen molar-refractivity contribution in [2.24, 2.45) is 5.73 Å². The maximum absolute atomic E-state index is 11.0. The van der Waals surface area contributed by atoms with Crippen LogP contribution in [-0.4, -0.2) is 43.5 Å². The van der Waals surface area contributed by atoms with E-state index in [2.05, 4.69) is 10.2 Å². The summed E-state index contributed by atoms with van der Waals surface area (Å²) in [5.41, 5.74) is 5.39. The highest BCUT2D eigenvalue weighted by atomic mass is 16.2. The second-order valence-electron chi connectivity index (χ2n) is 3.48. The Kier molecular flexibility index (Phi) is 4.78. The Bertz CT molecular complexity index is 161. The van der Waals surface area contributed by atoms with Crippen molar-refractivity contribution < 1.29 is 4.79 Å². The number of nitrogens with zero attached hydrogens (tertiary/aromatic N) is 1. The molecule has 0 atom stereocenters. The fourth-order valence-electron chi connectivity index (χ4n) is 1.54. The van der Waals surface area contributed by atoms with Crippen molar-refractivity contribution in [3.05, 3.63) is 0 Å². The van der Waals surface area contributed by atoms with E-state index in [0.717, 1.165) is 39.0 Å². The van der Waals surface area contributed by atoms with Crippen LogP contribution in [0.25, 0.3) is 0 Å². The van der Waals surface area contributed by atoms with Crippen LogP contribution in [0.5, 0.6) is 0 Å². The van der Waals surface area contributed by atoms with Gasteiger partial charge in [0, 0.05) is 13.1 Å². The summed E-state index contributed by atoms with van der Waals surface area (Å²) in [7, 11) is 0. The molecule has 1 saturated heterocycles. The zero-order valence-electron chi connectivity index (χ0n) is 8.09. The lowest BCUT2D eigenvalue weighted by Crippen LogP contribution is -2.47. The minimum absolute atomic E-state index is 0.157. The molecule has 1 rings (SSSR count). The summed E-state index contributed by atoms with van der Waals surface area (Å²) >= 11 is 0. The minimum Gasteiger partial charge on any atom is -0.354 e. The van der Waals surface area contributed by atoms with Gasteiger partial charge in [0.1, 0.15) is 0 Å². The predicted octanol–water partition coefficient (Wildman–Crippen LogP) is -0.453. The normalized spacial score (nSPS) is 18.7. The monoisotopic (exact) mass is 185 g/mol. The van der Waals surface area contributed by atoms with Gasteiger partial charge in [-0.05, 0) is 25.9 Å². The summed E-state index contributed by atoms with van der Waals surface area (Å²) in [5.74, 6) is 0.157. The summed E-state index contributed by atoms with van der Waals surface area (Å²) in [4.78, 5) is 13.2. The number of unbranched alkanes of at least 4 members (excludes halogenated alkanes) is 2. The van der Waals surface area contributed by atoms with Gasteiger partial charge in [0.2, 0.25) is 5.91 Å². The van der Waals surface area contributed by atoms with E-state index in [1.807, 2.05) is 0 Å². The second-order valence-corrected chi connectivity index (χ2v) is 3.48.